The van der Waals surface area contributed by atoms with E-state index in [9.17, 15) is 9.90 Å². The van der Waals surface area contributed by atoms with Crippen molar-refractivity contribution >= 4 is 40.6 Å². The Bertz CT molecular complexity index is 1200. The number of hydrogen-bond acceptors (Lipinski definition) is 6. The maximum absolute atomic E-state index is 13.6. The van der Waals surface area contributed by atoms with Gasteiger partial charge in [0.1, 0.15) is 11.9 Å². The van der Waals surface area contributed by atoms with Crippen molar-refractivity contribution in [3.8, 4) is 5.75 Å². The number of hydrogen-bond donors (Lipinski definition) is 1. The fourth-order valence-electron chi connectivity index (χ4n) is 5.01. The fourth-order valence-corrected chi connectivity index (χ4v) is 6.55. The predicted octanol–water partition coefficient (Wildman–Crippen LogP) is 5.10. The van der Waals surface area contributed by atoms with Gasteiger partial charge in [-0.05, 0) is 61.0 Å². The minimum atomic E-state index is -1.17. The van der Waals surface area contributed by atoms with E-state index in [1.807, 2.05) is 48.5 Å². The van der Waals surface area contributed by atoms with E-state index < -0.39 is 11.4 Å². The Morgan fingerprint density at radius 1 is 0.973 bits per heavy atom. The summed E-state index contributed by atoms with van der Waals surface area (Å²) in [4.78, 5) is 21.1. The summed E-state index contributed by atoms with van der Waals surface area (Å²) in [6, 6.07) is 23.6. The average molecular weight is 538 g/mol. The van der Waals surface area contributed by atoms with Gasteiger partial charge in [-0.2, -0.15) is 0 Å². The molecule has 2 aliphatic heterocycles. The standard InChI is InChI=1S/C29H32ClN3O3S/c1-36-24-11-8-21(9-12-24)28-27(34)29(35)33(25-13-10-22(30)20-26(25)37-28)15-5-14-31-16-18-32(19-17-31)23-6-3-2-4-7-23/h2-4,6-13,20,27-28,34H,5,14-19H2,1H3/t27-,28+/m0/s1. The molecule has 0 aliphatic carbocycles. The molecule has 2 aliphatic rings. The maximum atomic E-state index is 13.6. The van der Waals surface area contributed by atoms with Crippen molar-refractivity contribution < 1.29 is 14.6 Å². The number of para-hydroxylation sites is 1. The van der Waals surface area contributed by atoms with E-state index >= 15 is 0 Å². The molecule has 1 fully saturated rings. The van der Waals surface area contributed by atoms with Gasteiger partial charge in [-0.25, -0.2) is 0 Å². The van der Waals surface area contributed by atoms with Crippen LogP contribution in [0.4, 0.5) is 11.4 Å². The second kappa shape index (κ2) is 11.8. The highest BCUT2D eigenvalue weighted by Gasteiger charge is 2.37. The number of amides is 1. The summed E-state index contributed by atoms with van der Waals surface area (Å²) in [6.45, 7) is 5.42. The Labute approximate surface area is 227 Å². The topological polar surface area (TPSA) is 56.2 Å². The Morgan fingerprint density at radius 2 is 1.70 bits per heavy atom. The molecule has 2 heterocycles. The van der Waals surface area contributed by atoms with E-state index in [-0.39, 0.29) is 5.91 Å². The Morgan fingerprint density at radius 3 is 2.41 bits per heavy atom. The predicted molar refractivity (Wildman–Crippen MR) is 151 cm³/mol. The lowest BCUT2D eigenvalue weighted by Crippen LogP contribution is -2.47. The zero-order chi connectivity index (χ0) is 25.8. The number of aliphatic hydroxyl groups is 1. The maximum Gasteiger partial charge on any atom is 0.257 e. The first kappa shape index (κ1) is 25.9. The van der Waals surface area contributed by atoms with Crippen molar-refractivity contribution in [1.29, 1.82) is 0 Å². The highest BCUT2D eigenvalue weighted by atomic mass is 35.5. The van der Waals surface area contributed by atoms with Crippen molar-refractivity contribution in [2.75, 3.05) is 56.2 Å². The molecule has 0 spiro atoms. The van der Waals surface area contributed by atoms with Crippen molar-refractivity contribution in [3.05, 3.63) is 83.4 Å². The van der Waals surface area contributed by atoms with Crippen LogP contribution in [-0.2, 0) is 4.79 Å². The first-order chi connectivity index (χ1) is 18.0. The highest BCUT2D eigenvalue weighted by Crippen LogP contribution is 2.46. The lowest BCUT2D eigenvalue weighted by Gasteiger charge is -2.36. The summed E-state index contributed by atoms with van der Waals surface area (Å²) in [7, 11) is 1.62. The number of halogens is 1. The van der Waals surface area contributed by atoms with Gasteiger partial charge in [-0.3, -0.25) is 9.69 Å². The van der Waals surface area contributed by atoms with Crippen LogP contribution in [-0.4, -0.2) is 68.4 Å². The smallest absolute Gasteiger partial charge is 0.257 e. The normalized spacial score (nSPS) is 20.5. The number of carbonyl (C=O) groups excluding carboxylic acids is 1. The highest BCUT2D eigenvalue weighted by molar-refractivity contribution is 7.99. The van der Waals surface area contributed by atoms with Crippen LogP contribution in [0.5, 0.6) is 5.75 Å². The molecule has 3 aromatic rings. The quantitative estimate of drug-likeness (QED) is 0.452. The number of benzene rings is 3. The first-order valence-corrected chi connectivity index (χ1v) is 13.9. The SMILES string of the molecule is COc1ccc([C@H]2Sc3cc(Cl)ccc3N(CCCN3CCN(c4ccccc4)CC3)C(=O)[C@H]2O)cc1. The van der Waals surface area contributed by atoms with E-state index in [4.69, 9.17) is 16.3 Å². The number of ether oxygens (including phenoxy) is 1. The number of carbonyl (C=O) groups is 1. The van der Waals surface area contributed by atoms with Gasteiger partial charge in [0, 0.05) is 48.3 Å². The first-order valence-electron chi connectivity index (χ1n) is 12.7. The molecular formula is C29H32ClN3O3S. The molecule has 1 saturated heterocycles. The molecule has 0 radical (unpaired) electrons. The van der Waals surface area contributed by atoms with Crippen molar-refractivity contribution in [2.45, 2.75) is 22.7 Å². The van der Waals surface area contributed by atoms with Crippen LogP contribution in [0, 0.1) is 0 Å². The molecule has 3 aromatic carbocycles. The van der Waals surface area contributed by atoms with Gasteiger partial charge in [0.25, 0.3) is 5.91 Å². The van der Waals surface area contributed by atoms with Crippen LogP contribution in [0.15, 0.2) is 77.7 Å². The van der Waals surface area contributed by atoms with Crippen LogP contribution in [0.3, 0.4) is 0 Å². The molecule has 6 nitrogen and oxygen atoms in total. The zero-order valence-electron chi connectivity index (χ0n) is 20.9. The number of aliphatic hydroxyl groups excluding tert-OH is 1. The van der Waals surface area contributed by atoms with Gasteiger partial charge >= 0.3 is 0 Å². The third-order valence-electron chi connectivity index (χ3n) is 7.07. The average Bonchev–Trinajstić information content (AvgIpc) is 3.04. The number of anilines is 2. The van der Waals surface area contributed by atoms with E-state index in [0.29, 0.717) is 11.6 Å². The summed E-state index contributed by atoms with van der Waals surface area (Å²) in [5.74, 6) is 0.459. The summed E-state index contributed by atoms with van der Waals surface area (Å²) in [6.07, 6.45) is -0.344. The van der Waals surface area contributed by atoms with Gasteiger partial charge in [-0.15, -0.1) is 11.8 Å². The van der Waals surface area contributed by atoms with Crippen LogP contribution in [0.25, 0.3) is 0 Å². The molecule has 8 heteroatoms. The molecule has 0 bridgehead atoms. The van der Waals surface area contributed by atoms with Gasteiger partial charge in [0.05, 0.1) is 18.0 Å². The molecular weight excluding hydrogens is 506 g/mol. The fraction of sp³-hybridized carbons (Fsp3) is 0.345. The van der Waals surface area contributed by atoms with Gasteiger partial charge in [0.2, 0.25) is 0 Å². The van der Waals surface area contributed by atoms with Gasteiger partial charge < -0.3 is 19.6 Å². The Kier molecular flexibility index (Phi) is 8.25. The van der Waals surface area contributed by atoms with Crippen molar-refractivity contribution in [1.82, 2.24) is 4.90 Å². The molecule has 1 N–H and O–H groups in total. The van der Waals surface area contributed by atoms with E-state index in [1.54, 1.807) is 12.0 Å². The number of fused-ring (bicyclic) bond motifs is 1. The Hall–Kier alpha value is -2.71. The van der Waals surface area contributed by atoms with Crippen molar-refractivity contribution in [3.63, 3.8) is 0 Å². The molecule has 0 saturated carbocycles. The summed E-state index contributed by atoms with van der Waals surface area (Å²) in [5.41, 5.74) is 2.95. The van der Waals surface area contributed by atoms with Crippen LogP contribution in [0.1, 0.15) is 17.2 Å². The number of rotatable bonds is 7. The number of methoxy groups -OCH3 is 1. The lowest BCUT2D eigenvalue weighted by atomic mass is 10.1. The monoisotopic (exact) mass is 537 g/mol. The summed E-state index contributed by atoms with van der Waals surface area (Å²) < 4.78 is 5.27. The summed E-state index contributed by atoms with van der Waals surface area (Å²) in [5, 5.41) is 11.4. The van der Waals surface area contributed by atoms with E-state index in [1.165, 1.54) is 17.4 Å². The lowest BCUT2D eigenvalue weighted by molar-refractivity contribution is -0.126. The molecule has 0 aromatic heterocycles. The van der Waals surface area contributed by atoms with Crippen LogP contribution >= 0.6 is 23.4 Å². The molecule has 37 heavy (non-hydrogen) atoms. The molecule has 1 amide bonds. The largest absolute Gasteiger partial charge is 0.497 e. The van der Waals surface area contributed by atoms with Crippen molar-refractivity contribution in [2.24, 2.45) is 0 Å². The van der Waals surface area contributed by atoms with E-state index in [2.05, 4.69) is 34.1 Å². The molecule has 5 rings (SSSR count). The molecule has 2 atom stereocenters. The minimum Gasteiger partial charge on any atom is -0.497 e. The molecule has 194 valence electrons. The zero-order valence-corrected chi connectivity index (χ0v) is 22.5. The van der Waals surface area contributed by atoms with Gasteiger partial charge in [-0.1, -0.05) is 41.9 Å². The summed E-state index contributed by atoms with van der Waals surface area (Å²) >= 11 is 7.82. The number of thioether (sulfide) groups is 1. The second-order valence-corrected chi connectivity index (χ2v) is 11.0. The third kappa shape index (κ3) is 5.91. The van der Waals surface area contributed by atoms with E-state index in [0.717, 1.165) is 61.0 Å². The third-order valence-corrected chi connectivity index (χ3v) is 8.67. The van der Waals surface area contributed by atoms with Crippen LogP contribution < -0.4 is 14.5 Å². The van der Waals surface area contributed by atoms with Gasteiger partial charge in [0.15, 0.2) is 0 Å². The minimum absolute atomic E-state index is 0.275. The number of nitrogens with zero attached hydrogens (tertiary/aromatic N) is 3. The molecule has 0 unspecified atom stereocenters. The van der Waals surface area contributed by atoms with Crippen LogP contribution in [0.2, 0.25) is 5.02 Å². The Balaban J connectivity index is 1.26. The second-order valence-electron chi connectivity index (χ2n) is 9.38. The number of piperazine rings is 1.